The third-order valence-corrected chi connectivity index (χ3v) is 6.46. The van der Waals surface area contributed by atoms with Crippen LogP contribution in [0.1, 0.15) is 34.1 Å². The van der Waals surface area contributed by atoms with Crippen molar-refractivity contribution in [1.29, 1.82) is 0 Å². The number of benzene rings is 2. The van der Waals surface area contributed by atoms with E-state index in [0.29, 0.717) is 28.1 Å². The van der Waals surface area contributed by atoms with Crippen molar-refractivity contribution in [2.24, 2.45) is 0 Å². The average molecular weight is 458 g/mol. The third kappa shape index (κ3) is 3.81. The van der Waals surface area contributed by atoms with Crippen LogP contribution in [0.3, 0.4) is 0 Å². The van der Waals surface area contributed by atoms with Crippen LogP contribution in [0.4, 0.5) is 4.39 Å². The maximum atomic E-state index is 14.1. The molecule has 1 amide bonds. The number of quaternary nitrogens is 1. The molecule has 166 valence electrons. The van der Waals surface area contributed by atoms with E-state index in [1.807, 2.05) is 0 Å². The zero-order chi connectivity index (χ0) is 22.2. The highest BCUT2D eigenvalue weighted by molar-refractivity contribution is 6.31. The summed E-state index contributed by atoms with van der Waals surface area (Å²) in [5, 5.41) is 0.715. The van der Waals surface area contributed by atoms with Crippen LogP contribution in [-0.2, 0) is 4.74 Å². The van der Waals surface area contributed by atoms with Crippen molar-refractivity contribution in [3.05, 3.63) is 80.4 Å². The maximum absolute atomic E-state index is 14.1. The Bertz CT molecular complexity index is 1240. The average Bonchev–Trinajstić information content (AvgIpc) is 3.07. The molecular formula is C24H23ClFN2O4+. The summed E-state index contributed by atoms with van der Waals surface area (Å²) in [5.74, 6) is -0.743. The highest BCUT2D eigenvalue weighted by atomic mass is 35.5. The fraction of sp³-hybridized carbons (Fsp3) is 0.333. The van der Waals surface area contributed by atoms with Gasteiger partial charge in [-0.1, -0.05) is 23.7 Å². The smallest absolute Gasteiger partial charge is 0.290 e. The molecule has 1 aromatic heterocycles. The van der Waals surface area contributed by atoms with Gasteiger partial charge in [0.25, 0.3) is 5.91 Å². The summed E-state index contributed by atoms with van der Waals surface area (Å²) in [6.45, 7) is 4.68. The van der Waals surface area contributed by atoms with Crippen molar-refractivity contribution < 1.29 is 23.2 Å². The van der Waals surface area contributed by atoms with Crippen LogP contribution in [-0.4, -0.2) is 50.2 Å². The van der Waals surface area contributed by atoms with E-state index in [9.17, 15) is 14.0 Å². The Kier molecular flexibility index (Phi) is 5.71. The quantitative estimate of drug-likeness (QED) is 0.639. The van der Waals surface area contributed by atoms with E-state index in [1.165, 1.54) is 17.0 Å². The molecule has 1 N–H and O–H groups in total. The summed E-state index contributed by atoms with van der Waals surface area (Å²) in [6, 6.07) is 10.1. The lowest BCUT2D eigenvalue weighted by Gasteiger charge is -2.27. The van der Waals surface area contributed by atoms with Gasteiger partial charge in [-0.25, -0.2) is 4.39 Å². The number of amides is 1. The number of ether oxygens (including phenoxy) is 1. The molecule has 2 aliphatic heterocycles. The molecule has 0 aliphatic carbocycles. The lowest BCUT2D eigenvalue weighted by molar-refractivity contribution is -0.908. The van der Waals surface area contributed by atoms with Crippen LogP contribution in [0, 0.1) is 5.82 Å². The van der Waals surface area contributed by atoms with Gasteiger partial charge in [-0.3, -0.25) is 9.59 Å². The van der Waals surface area contributed by atoms with E-state index >= 15 is 0 Å². The third-order valence-electron chi connectivity index (χ3n) is 6.22. The highest BCUT2D eigenvalue weighted by Gasteiger charge is 2.42. The number of hydrogen-bond donors (Lipinski definition) is 1. The van der Waals surface area contributed by atoms with E-state index < -0.39 is 11.9 Å². The summed E-state index contributed by atoms with van der Waals surface area (Å²) in [4.78, 5) is 29.9. The number of nitrogens with one attached hydrogen (secondary N) is 1. The molecule has 1 unspecified atom stereocenters. The molecule has 0 spiro atoms. The van der Waals surface area contributed by atoms with Crippen LogP contribution in [0.15, 0.2) is 51.7 Å². The first-order valence-electron chi connectivity index (χ1n) is 10.8. The Morgan fingerprint density at radius 3 is 2.72 bits per heavy atom. The maximum Gasteiger partial charge on any atom is 0.290 e. The Morgan fingerprint density at radius 1 is 1.12 bits per heavy atom. The van der Waals surface area contributed by atoms with Crippen molar-refractivity contribution in [1.82, 2.24) is 4.90 Å². The number of nitrogens with zero attached hydrogens (tertiary/aromatic N) is 1. The minimum absolute atomic E-state index is 0.0257. The number of fused-ring (bicyclic) bond motifs is 2. The van der Waals surface area contributed by atoms with Crippen molar-refractivity contribution in [3.8, 4) is 0 Å². The van der Waals surface area contributed by atoms with Gasteiger partial charge in [0, 0.05) is 18.0 Å². The lowest BCUT2D eigenvalue weighted by atomic mass is 9.98. The van der Waals surface area contributed by atoms with Gasteiger partial charge in [-0.15, -0.1) is 0 Å². The second-order valence-corrected chi connectivity index (χ2v) is 8.67. The molecule has 3 aromatic rings. The molecule has 0 saturated carbocycles. The normalized spacial score (nSPS) is 19.0. The summed E-state index contributed by atoms with van der Waals surface area (Å²) in [6.07, 6.45) is 0.750. The second-order valence-electron chi connectivity index (χ2n) is 8.24. The van der Waals surface area contributed by atoms with Crippen molar-refractivity contribution >= 4 is 28.5 Å². The van der Waals surface area contributed by atoms with Crippen molar-refractivity contribution in [2.75, 3.05) is 39.4 Å². The summed E-state index contributed by atoms with van der Waals surface area (Å²) in [5.41, 5.74) is 0.787. The van der Waals surface area contributed by atoms with Crippen molar-refractivity contribution in [2.45, 2.75) is 12.5 Å². The molecule has 1 fully saturated rings. The number of hydrogen-bond acceptors (Lipinski definition) is 4. The zero-order valence-corrected chi connectivity index (χ0v) is 18.2. The summed E-state index contributed by atoms with van der Waals surface area (Å²) < 4.78 is 25.4. The Labute approximate surface area is 189 Å². The molecule has 0 radical (unpaired) electrons. The van der Waals surface area contributed by atoms with Crippen molar-refractivity contribution in [3.63, 3.8) is 0 Å². The van der Waals surface area contributed by atoms with Gasteiger partial charge >= 0.3 is 0 Å². The van der Waals surface area contributed by atoms with Crippen LogP contribution in [0.25, 0.3) is 11.0 Å². The predicted octanol–water partition coefficient (Wildman–Crippen LogP) is 2.44. The highest BCUT2D eigenvalue weighted by Crippen LogP contribution is 2.38. The van der Waals surface area contributed by atoms with Gasteiger partial charge in [0.15, 0.2) is 5.43 Å². The molecule has 5 rings (SSSR count). The molecule has 0 bridgehead atoms. The Morgan fingerprint density at radius 2 is 1.94 bits per heavy atom. The molecule has 3 heterocycles. The fourth-order valence-corrected chi connectivity index (χ4v) is 4.83. The molecule has 1 saturated heterocycles. The van der Waals surface area contributed by atoms with Crippen LogP contribution >= 0.6 is 11.6 Å². The Hall–Kier alpha value is -2.74. The standard InChI is InChI=1S/C24H22ClFN2O4/c25-16-5-6-19-18(14-16)22(29)20-21(15-3-1-4-17(26)13-15)28(24(30)23(20)32-19)8-2-7-27-9-11-31-12-10-27/h1,3-6,13-14,21H,2,7-12H2/p+1. The lowest BCUT2D eigenvalue weighted by Crippen LogP contribution is -3.14. The molecule has 8 heteroatoms. The van der Waals surface area contributed by atoms with Gasteiger partial charge in [0.2, 0.25) is 5.76 Å². The van der Waals surface area contributed by atoms with E-state index in [1.54, 1.807) is 35.2 Å². The molecule has 2 aliphatic rings. The molecule has 6 nitrogen and oxygen atoms in total. The number of halogens is 2. The Balaban J connectivity index is 1.54. The summed E-state index contributed by atoms with van der Waals surface area (Å²) in [7, 11) is 0. The minimum atomic E-state index is -0.701. The SMILES string of the molecule is O=C1c2oc3ccc(Cl)cc3c(=O)c2C(c2cccc(F)c2)N1CCC[NH+]1CCOCC1. The number of morpholine rings is 1. The second kappa shape index (κ2) is 8.65. The first kappa shape index (κ1) is 21.1. The number of carbonyl (C=O) groups excluding carboxylic acids is 1. The topological polar surface area (TPSA) is 64.2 Å². The van der Waals surface area contributed by atoms with Crippen LogP contribution in [0.2, 0.25) is 5.02 Å². The molecular weight excluding hydrogens is 435 g/mol. The number of carbonyl (C=O) groups is 1. The van der Waals surface area contributed by atoms with Gasteiger partial charge in [0.05, 0.1) is 36.8 Å². The number of rotatable bonds is 5. The predicted molar refractivity (Wildman–Crippen MR) is 118 cm³/mol. The minimum Gasteiger partial charge on any atom is -0.450 e. The molecule has 1 atom stereocenters. The van der Waals surface area contributed by atoms with Gasteiger partial charge in [0.1, 0.15) is 24.5 Å². The molecule has 2 aromatic carbocycles. The zero-order valence-electron chi connectivity index (χ0n) is 17.4. The van der Waals surface area contributed by atoms with Gasteiger partial charge in [-0.05, 0) is 35.9 Å². The van der Waals surface area contributed by atoms with Gasteiger partial charge < -0.3 is 19.0 Å². The van der Waals surface area contributed by atoms with Crippen LogP contribution in [0.5, 0.6) is 0 Å². The van der Waals surface area contributed by atoms with Crippen LogP contribution < -0.4 is 10.3 Å². The summed E-state index contributed by atoms with van der Waals surface area (Å²) >= 11 is 6.10. The first-order valence-corrected chi connectivity index (χ1v) is 11.1. The largest absolute Gasteiger partial charge is 0.450 e. The first-order chi connectivity index (χ1) is 15.5. The van der Waals surface area contributed by atoms with E-state index in [4.69, 9.17) is 20.8 Å². The fourth-order valence-electron chi connectivity index (χ4n) is 4.66. The van der Waals surface area contributed by atoms with E-state index in [-0.39, 0.29) is 22.7 Å². The van der Waals surface area contributed by atoms with Gasteiger partial charge in [-0.2, -0.15) is 0 Å². The molecule has 32 heavy (non-hydrogen) atoms. The van der Waals surface area contributed by atoms with E-state index in [0.717, 1.165) is 39.3 Å². The monoisotopic (exact) mass is 457 g/mol. The van der Waals surface area contributed by atoms with E-state index in [2.05, 4.69) is 0 Å².